The molecule has 0 aliphatic heterocycles. The average molecular weight is 655 g/mol. The van der Waals surface area contributed by atoms with Crippen LogP contribution in [0.3, 0.4) is 0 Å². The molecule has 4 aromatic heterocycles. The fourth-order valence-corrected chi connectivity index (χ4v) is 7.54. The fourth-order valence-electron chi connectivity index (χ4n) is 7.54. The number of rotatable bonds is 4. The van der Waals surface area contributed by atoms with Gasteiger partial charge in [0, 0.05) is 60.8 Å². The highest BCUT2D eigenvalue weighted by Gasteiger charge is 2.21. The van der Waals surface area contributed by atoms with Crippen molar-refractivity contribution in [3.63, 3.8) is 0 Å². The number of furan rings is 2. The maximum atomic E-state index is 6.62. The largest absolute Gasteiger partial charge is 0.456 e. The van der Waals surface area contributed by atoms with E-state index >= 15 is 0 Å². The van der Waals surface area contributed by atoms with Gasteiger partial charge in [0.25, 0.3) is 0 Å². The Bertz CT molecular complexity index is 3140. The highest BCUT2D eigenvalue weighted by molar-refractivity contribution is 6.19. The summed E-state index contributed by atoms with van der Waals surface area (Å²) >= 11 is 0. The van der Waals surface area contributed by atoms with Crippen molar-refractivity contribution in [3.05, 3.63) is 158 Å². The quantitative estimate of drug-likeness (QED) is 0.189. The van der Waals surface area contributed by atoms with Crippen LogP contribution in [0, 0.1) is 0 Å². The van der Waals surface area contributed by atoms with E-state index in [9.17, 15) is 0 Å². The number of para-hydroxylation sites is 3. The Morgan fingerprint density at radius 2 is 1.04 bits per heavy atom. The molecule has 0 spiro atoms. The van der Waals surface area contributed by atoms with Crippen LogP contribution in [-0.2, 0) is 0 Å². The lowest BCUT2D eigenvalue weighted by atomic mass is 10.0. The lowest BCUT2D eigenvalue weighted by Gasteiger charge is -2.09. The molecule has 4 heterocycles. The summed E-state index contributed by atoms with van der Waals surface area (Å²) in [5.74, 6) is 1.77. The monoisotopic (exact) mass is 654 g/mol. The summed E-state index contributed by atoms with van der Waals surface area (Å²) in [5, 5.41) is 6.40. The van der Waals surface area contributed by atoms with Gasteiger partial charge in [0.2, 0.25) is 0 Å². The summed E-state index contributed by atoms with van der Waals surface area (Å²) in [6, 6.07) is 53.9. The zero-order chi connectivity index (χ0) is 33.5. The molecule has 51 heavy (non-hydrogen) atoms. The van der Waals surface area contributed by atoms with E-state index in [4.69, 9.17) is 23.8 Å². The summed E-state index contributed by atoms with van der Waals surface area (Å²) in [5.41, 5.74) is 9.28. The number of aromatic nitrogens is 4. The molecule has 0 unspecified atom stereocenters. The van der Waals surface area contributed by atoms with E-state index < -0.39 is 0 Å². The van der Waals surface area contributed by atoms with Crippen molar-refractivity contribution in [2.24, 2.45) is 0 Å². The van der Waals surface area contributed by atoms with Crippen LogP contribution in [0.1, 0.15) is 0 Å². The molecule has 6 heteroatoms. The van der Waals surface area contributed by atoms with Crippen molar-refractivity contribution in [2.75, 3.05) is 0 Å². The third-order valence-corrected chi connectivity index (χ3v) is 9.85. The summed E-state index contributed by atoms with van der Waals surface area (Å²) in [7, 11) is 0. The number of benzene rings is 7. The molecule has 0 saturated heterocycles. The average Bonchev–Trinajstić information content (AvgIpc) is 3.86. The van der Waals surface area contributed by atoms with Gasteiger partial charge in [-0.15, -0.1) is 0 Å². The first-order valence-corrected chi connectivity index (χ1v) is 16.9. The normalized spacial score (nSPS) is 11.9. The second-order valence-electron chi connectivity index (χ2n) is 12.8. The van der Waals surface area contributed by atoms with E-state index in [-0.39, 0.29) is 0 Å². The molecule has 0 fully saturated rings. The van der Waals surface area contributed by atoms with Gasteiger partial charge >= 0.3 is 0 Å². The second-order valence-corrected chi connectivity index (χ2v) is 12.8. The van der Waals surface area contributed by atoms with Crippen molar-refractivity contribution in [3.8, 4) is 39.9 Å². The molecule has 238 valence electrons. The van der Waals surface area contributed by atoms with Crippen molar-refractivity contribution in [1.29, 1.82) is 0 Å². The number of hydrogen-bond donors (Lipinski definition) is 0. The Balaban J connectivity index is 1.17. The van der Waals surface area contributed by atoms with Gasteiger partial charge in [-0.2, -0.15) is 0 Å². The second kappa shape index (κ2) is 10.7. The van der Waals surface area contributed by atoms with Crippen LogP contribution in [0.4, 0.5) is 0 Å². The van der Waals surface area contributed by atoms with E-state index in [1.54, 1.807) is 0 Å². The Morgan fingerprint density at radius 1 is 0.373 bits per heavy atom. The molecule has 11 aromatic rings. The van der Waals surface area contributed by atoms with Gasteiger partial charge in [-0.1, -0.05) is 97.1 Å². The summed E-state index contributed by atoms with van der Waals surface area (Å²) in [6.07, 6.45) is 0. The number of nitrogens with zero attached hydrogens (tertiary/aromatic N) is 4. The van der Waals surface area contributed by atoms with Gasteiger partial charge in [-0.3, -0.25) is 0 Å². The van der Waals surface area contributed by atoms with Crippen LogP contribution in [0.15, 0.2) is 167 Å². The number of fused-ring (bicyclic) bond motifs is 9. The van der Waals surface area contributed by atoms with Gasteiger partial charge in [-0.25, -0.2) is 15.0 Å². The molecular formula is C45H26N4O2. The molecule has 0 aliphatic carbocycles. The molecular weight excluding hydrogens is 629 g/mol. The lowest BCUT2D eigenvalue weighted by molar-refractivity contribution is 0.668. The van der Waals surface area contributed by atoms with Gasteiger partial charge in [0.05, 0.1) is 11.0 Å². The smallest absolute Gasteiger partial charge is 0.164 e. The summed E-state index contributed by atoms with van der Waals surface area (Å²) in [4.78, 5) is 15.3. The number of hydrogen-bond acceptors (Lipinski definition) is 5. The maximum absolute atomic E-state index is 6.62. The summed E-state index contributed by atoms with van der Waals surface area (Å²) < 4.78 is 15.1. The Kier molecular flexibility index (Phi) is 5.86. The zero-order valence-electron chi connectivity index (χ0n) is 27.1. The standard InChI is InChI=1S/C45H26N4O2/c1-3-12-27(13-4-1)43-46-44(28-22-23-39-34(24-28)31-17-8-10-20-38(31)50-39)48-45(47-43)32-18-11-21-40-42(32)35-25-33-30-16-7-9-19-36(30)49(29-14-5-2-6-15-29)37(33)26-41(35)51-40/h1-26H. The van der Waals surface area contributed by atoms with Crippen LogP contribution in [0.25, 0.3) is 106 Å². The summed E-state index contributed by atoms with van der Waals surface area (Å²) in [6.45, 7) is 0. The first-order chi connectivity index (χ1) is 25.3. The molecule has 0 atom stereocenters. The highest BCUT2D eigenvalue weighted by atomic mass is 16.3. The van der Waals surface area contributed by atoms with Crippen molar-refractivity contribution >= 4 is 65.7 Å². The topological polar surface area (TPSA) is 69.9 Å². The van der Waals surface area contributed by atoms with Crippen molar-refractivity contribution in [1.82, 2.24) is 19.5 Å². The van der Waals surface area contributed by atoms with Gasteiger partial charge in [-0.05, 0) is 54.6 Å². The minimum absolute atomic E-state index is 0.580. The van der Waals surface area contributed by atoms with Crippen LogP contribution in [0.5, 0.6) is 0 Å². The fraction of sp³-hybridized carbons (Fsp3) is 0. The predicted octanol–water partition coefficient (Wildman–Crippen LogP) is 11.8. The molecule has 0 saturated carbocycles. The van der Waals surface area contributed by atoms with Gasteiger partial charge in [0.15, 0.2) is 17.5 Å². The molecule has 7 aromatic carbocycles. The van der Waals surface area contributed by atoms with E-state index in [0.29, 0.717) is 17.5 Å². The predicted molar refractivity (Wildman–Crippen MR) is 205 cm³/mol. The van der Waals surface area contributed by atoms with Crippen molar-refractivity contribution < 1.29 is 8.83 Å². The van der Waals surface area contributed by atoms with Gasteiger partial charge < -0.3 is 13.4 Å². The van der Waals surface area contributed by atoms with E-state index in [2.05, 4.69) is 83.4 Å². The highest BCUT2D eigenvalue weighted by Crippen LogP contribution is 2.41. The molecule has 0 aliphatic rings. The van der Waals surface area contributed by atoms with E-state index in [0.717, 1.165) is 82.7 Å². The minimum Gasteiger partial charge on any atom is -0.456 e. The lowest BCUT2D eigenvalue weighted by Crippen LogP contribution is -2.00. The first-order valence-electron chi connectivity index (χ1n) is 16.9. The van der Waals surface area contributed by atoms with E-state index in [1.807, 2.05) is 78.9 Å². The third-order valence-electron chi connectivity index (χ3n) is 9.85. The van der Waals surface area contributed by atoms with Crippen molar-refractivity contribution in [2.45, 2.75) is 0 Å². The maximum Gasteiger partial charge on any atom is 0.164 e. The molecule has 0 amide bonds. The Morgan fingerprint density at radius 3 is 1.90 bits per heavy atom. The third kappa shape index (κ3) is 4.26. The van der Waals surface area contributed by atoms with Crippen LogP contribution < -0.4 is 0 Å². The van der Waals surface area contributed by atoms with Gasteiger partial charge in [0.1, 0.15) is 22.3 Å². The van der Waals surface area contributed by atoms with Crippen LogP contribution in [-0.4, -0.2) is 19.5 Å². The van der Waals surface area contributed by atoms with Crippen LogP contribution >= 0.6 is 0 Å². The molecule has 6 nitrogen and oxygen atoms in total. The zero-order valence-corrected chi connectivity index (χ0v) is 27.1. The molecule has 11 rings (SSSR count). The molecule has 0 N–H and O–H groups in total. The molecule has 0 radical (unpaired) electrons. The SMILES string of the molecule is c1ccc(-c2nc(-c3ccc4oc5ccccc5c4c3)nc(-c3cccc4oc5cc6c(cc5c34)c3ccccc3n6-c3ccccc3)n2)cc1. The molecule has 0 bridgehead atoms. The van der Waals surface area contributed by atoms with E-state index in [1.165, 1.54) is 5.39 Å². The Hall–Kier alpha value is -7.05. The van der Waals surface area contributed by atoms with Crippen LogP contribution in [0.2, 0.25) is 0 Å². The Labute approximate surface area is 290 Å². The first kappa shape index (κ1) is 27.9. The minimum atomic E-state index is 0.580.